The predicted molar refractivity (Wildman–Crippen MR) is 132 cm³/mol. The van der Waals surface area contributed by atoms with Gasteiger partial charge in [0.1, 0.15) is 6.10 Å². The maximum atomic E-state index is 12.6. The number of aliphatic hydroxyl groups is 1. The van der Waals surface area contributed by atoms with Crippen molar-refractivity contribution >= 4 is 17.9 Å². The Morgan fingerprint density at radius 2 is 1.81 bits per heavy atom. The molecule has 1 saturated carbocycles. The third kappa shape index (κ3) is 4.90. The molecule has 1 heterocycles. The molecule has 1 aliphatic heterocycles. The lowest BCUT2D eigenvalue weighted by Crippen LogP contribution is -2.63. The SMILES string of the molecule is C=C/C(C)=C\C[C@]1(C)[C@H](C)C[C@H](O)[C@@]23C(=C[C@@H](OC(=O)C(C)C)C[C@@H]12)[C@@H](OC(C)=O)O[C@H]3OC(C)=O. The number of ether oxygens (including phenoxy) is 4. The van der Waals surface area contributed by atoms with Gasteiger partial charge in [0.25, 0.3) is 0 Å². The minimum atomic E-state index is -1.17. The van der Waals surface area contributed by atoms with Crippen LogP contribution in [0.15, 0.2) is 36.0 Å². The zero-order valence-corrected chi connectivity index (χ0v) is 22.4. The lowest BCUT2D eigenvalue weighted by Gasteiger charge is -2.60. The van der Waals surface area contributed by atoms with Gasteiger partial charge in [-0.15, -0.1) is 0 Å². The molecular formula is C28H40O8. The average molecular weight is 505 g/mol. The first kappa shape index (κ1) is 28.1. The predicted octanol–water partition coefficient (Wildman–Crippen LogP) is 4.22. The molecule has 8 heteroatoms. The number of hydrogen-bond acceptors (Lipinski definition) is 8. The molecule has 8 atom stereocenters. The normalized spacial score (nSPS) is 37.9. The molecule has 0 unspecified atom stereocenters. The van der Waals surface area contributed by atoms with Crippen molar-refractivity contribution in [3.63, 3.8) is 0 Å². The molecule has 8 nitrogen and oxygen atoms in total. The summed E-state index contributed by atoms with van der Waals surface area (Å²) in [4.78, 5) is 36.7. The fraction of sp³-hybridized carbons (Fsp3) is 0.679. The van der Waals surface area contributed by atoms with Crippen molar-refractivity contribution in [1.82, 2.24) is 0 Å². The van der Waals surface area contributed by atoms with E-state index in [1.165, 1.54) is 13.8 Å². The van der Waals surface area contributed by atoms with Crippen LogP contribution in [0.4, 0.5) is 0 Å². The summed E-state index contributed by atoms with van der Waals surface area (Å²) >= 11 is 0. The van der Waals surface area contributed by atoms with Gasteiger partial charge >= 0.3 is 17.9 Å². The van der Waals surface area contributed by atoms with Crippen LogP contribution in [-0.2, 0) is 33.3 Å². The molecule has 1 spiro atoms. The molecule has 3 rings (SSSR count). The number of esters is 3. The Morgan fingerprint density at radius 3 is 2.36 bits per heavy atom. The van der Waals surface area contributed by atoms with Crippen LogP contribution >= 0.6 is 0 Å². The van der Waals surface area contributed by atoms with Gasteiger partial charge in [0.15, 0.2) is 0 Å². The Balaban J connectivity index is 2.23. The van der Waals surface area contributed by atoms with E-state index in [4.69, 9.17) is 18.9 Å². The first-order valence-electron chi connectivity index (χ1n) is 12.7. The van der Waals surface area contributed by atoms with E-state index >= 15 is 0 Å². The highest BCUT2D eigenvalue weighted by Gasteiger charge is 2.71. The van der Waals surface area contributed by atoms with Gasteiger partial charge in [-0.3, -0.25) is 19.1 Å². The number of carbonyl (C=O) groups excluding carboxylic acids is 3. The zero-order valence-electron chi connectivity index (χ0n) is 22.4. The highest BCUT2D eigenvalue weighted by molar-refractivity contribution is 5.72. The maximum absolute atomic E-state index is 12.6. The van der Waals surface area contributed by atoms with Crippen LogP contribution in [0, 0.1) is 28.6 Å². The molecule has 0 radical (unpaired) electrons. The van der Waals surface area contributed by atoms with Crippen molar-refractivity contribution < 1.29 is 38.4 Å². The van der Waals surface area contributed by atoms with Crippen LogP contribution in [0.5, 0.6) is 0 Å². The summed E-state index contributed by atoms with van der Waals surface area (Å²) in [5, 5.41) is 11.7. The fourth-order valence-corrected chi connectivity index (χ4v) is 6.15. The Bertz CT molecular complexity index is 965. The van der Waals surface area contributed by atoms with E-state index in [1.807, 2.05) is 6.92 Å². The summed E-state index contributed by atoms with van der Waals surface area (Å²) in [5.41, 5.74) is -0.0611. The van der Waals surface area contributed by atoms with Crippen molar-refractivity contribution in [2.75, 3.05) is 0 Å². The molecule has 2 aliphatic carbocycles. The second kappa shape index (κ2) is 10.5. The quantitative estimate of drug-likeness (QED) is 0.238. The molecule has 1 saturated heterocycles. The van der Waals surface area contributed by atoms with Crippen molar-refractivity contribution in [3.05, 3.63) is 36.0 Å². The molecule has 0 aromatic carbocycles. The Morgan fingerprint density at radius 1 is 1.17 bits per heavy atom. The van der Waals surface area contributed by atoms with E-state index in [2.05, 4.69) is 26.5 Å². The maximum Gasteiger partial charge on any atom is 0.308 e. The number of hydrogen-bond donors (Lipinski definition) is 1. The smallest absolute Gasteiger partial charge is 0.308 e. The lowest BCUT2D eigenvalue weighted by molar-refractivity contribution is -0.254. The highest BCUT2D eigenvalue weighted by atomic mass is 16.8. The van der Waals surface area contributed by atoms with Gasteiger partial charge in [0, 0.05) is 19.4 Å². The molecule has 36 heavy (non-hydrogen) atoms. The van der Waals surface area contributed by atoms with Crippen LogP contribution < -0.4 is 0 Å². The Kier molecular flexibility index (Phi) is 8.20. The molecule has 200 valence electrons. The van der Waals surface area contributed by atoms with Crippen LogP contribution in [-0.4, -0.2) is 47.8 Å². The third-order valence-corrected chi connectivity index (χ3v) is 8.32. The molecule has 3 aliphatic rings. The molecule has 0 aromatic rings. The Labute approximate surface area is 213 Å². The van der Waals surface area contributed by atoms with Crippen molar-refractivity contribution in [2.45, 2.75) is 92.5 Å². The number of rotatable bonds is 7. The standard InChI is InChI=1S/C28H40O8/c1-9-16(4)10-11-27(8)17(5)12-23(31)28-21(13-20(14-22(27)28)35-24(32)15(2)3)25(33-18(6)29)36-26(28)34-19(7)30/h9-10,13,15,17,20,22-23,25-26,31H,1,11-12,14H2,2-8H3/b16-10-/t17-,20-,22+,23+,25+,26-,27-,28-/m1/s1. The lowest BCUT2D eigenvalue weighted by atomic mass is 9.45. The van der Waals surface area contributed by atoms with Gasteiger partial charge in [-0.1, -0.05) is 52.0 Å². The van der Waals surface area contributed by atoms with Crippen molar-refractivity contribution in [3.8, 4) is 0 Å². The summed E-state index contributed by atoms with van der Waals surface area (Å²) in [6.07, 6.45) is 3.22. The summed E-state index contributed by atoms with van der Waals surface area (Å²) < 4.78 is 23.1. The molecule has 0 amide bonds. The van der Waals surface area contributed by atoms with Gasteiger partial charge in [0.2, 0.25) is 12.6 Å². The second-order valence-electron chi connectivity index (χ2n) is 11.0. The molecule has 0 aromatic heterocycles. The van der Waals surface area contributed by atoms with E-state index in [9.17, 15) is 19.5 Å². The summed E-state index contributed by atoms with van der Waals surface area (Å²) in [6, 6.07) is 0. The summed E-state index contributed by atoms with van der Waals surface area (Å²) in [5.74, 6) is -2.08. The molecule has 2 fully saturated rings. The van der Waals surface area contributed by atoms with Crippen molar-refractivity contribution in [1.29, 1.82) is 0 Å². The van der Waals surface area contributed by atoms with Gasteiger partial charge < -0.3 is 19.3 Å². The van der Waals surface area contributed by atoms with Crippen LogP contribution in [0.2, 0.25) is 0 Å². The minimum Gasteiger partial charge on any atom is -0.458 e. The van der Waals surface area contributed by atoms with Crippen LogP contribution in [0.3, 0.4) is 0 Å². The largest absolute Gasteiger partial charge is 0.458 e. The van der Waals surface area contributed by atoms with Gasteiger partial charge in [0.05, 0.1) is 17.4 Å². The monoisotopic (exact) mass is 504 g/mol. The van der Waals surface area contributed by atoms with Crippen molar-refractivity contribution in [2.24, 2.45) is 28.6 Å². The zero-order chi connectivity index (χ0) is 27.0. The molecule has 1 N–H and O–H groups in total. The second-order valence-corrected chi connectivity index (χ2v) is 11.0. The van der Waals surface area contributed by atoms with E-state index in [-0.39, 0.29) is 23.7 Å². The van der Waals surface area contributed by atoms with Gasteiger partial charge in [-0.05, 0) is 49.5 Å². The third-order valence-electron chi connectivity index (χ3n) is 8.32. The topological polar surface area (TPSA) is 108 Å². The highest BCUT2D eigenvalue weighted by Crippen LogP contribution is 2.67. The fourth-order valence-electron chi connectivity index (χ4n) is 6.15. The van der Waals surface area contributed by atoms with Gasteiger partial charge in [-0.2, -0.15) is 0 Å². The first-order chi connectivity index (χ1) is 16.8. The minimum absolute atomic E-state index is 0.0727. The molecular weight excluding hydrogens is 464 g/mol. The van der Waals surface area contributed by atoms with E-state index < -0.39 is 47.6 Å². The van der Waals surface area contributed by atoms with Crippen LogP contribution in [0.25, 0.3) is 0 Å². The number of carbonyl (C=O) groups is 3. The van der Waals surface area contributed by atoms with Crippen LogP contribution in [0.1, 0.15) is 67.7 Å². The van der Waals surface area contributed by atoms with E-state index in [0.29, 0.717) is 24.8 Å². The Hall–Kier alpha value is -2.45. The van der Waals surface area contributed by atoms with Gasteiger partial charge in [-0.25, -0.2) is 0 Å². The molecule has 0 bridgehead atoms. The number of aliphatic hydroxyl groups excluding tert-OH is 1. The summed E-state index contributed by atoms with van der Waals surface area (Å²) in [6.45, 7) is 16.1. The van der Waals surface area contributed by atoms with E-state index in [0.717, 1.165) is 5.57 Å². The first-order valence-corrected chi connectivity index (χ1v) is 12.7. The summed E-state index contributed by atoms with van der Waals surface area (Å²) in [7, 11) is 0. The van der Waals surface area contributed by atoms with E-state index in [1.54, 1.807) is 26.0 Å². The average Bonchev–Trinajstić information content (AvgIpc) is 3.07. The number of allylic oxidation sites excluding steroid dienone is 3.